The average Bonchev–Trinajstić information content (AvgIpc) is 2.38. The van der Waals surface area contributed by atoms with Crippen molar-refractivity contribution in [3.63, 3.8) is 0 Å². The van der Waals surface area contributed by atoms with Gasteiger partial charge in [0.15, 0.2) is 0 Å². The number of hydrogen-bond acceptors (Lipinski definition) is 3. The van der Waals surface area contributed by atoms with E-state index in [4.69, 9.17) is 5.73 Å². The van der Waals surface area contributed by atoms with Crippen LogP contribution in [0.3, 0.4) is 0 Å². The van der Waals surface area contributed by atoms with E-state index in [-0.39, 0.29) is 6.61 Å². The molecular weight excluding hydrogens is 224 g/mol. The molecule has 0 saturated carbocycles. The summed E-state index contributed by atoms with van der Waals surface area (Å²) in [4.78, 5) is 2.22. The Morgan fingerprint density at radius 3 is 2.22 bits per heavy atom. The van der Waals surface area contributed by atoms with Crippen molar-refractivity contribution in [1.82, 2.24) is 4.90 Å². The minimum Gasteiger partial charge on any atom is -0.394 e. The Hall–Kier alpha value is -0.900. The summed E-state index contributed by atoms with van der Waals surface area (Å²) in [7, 11) is 2.06. The third-order valence-electron chi connectivity index (χ3n) is 3.82. The first-order valence-corrected chi connectivity index (χ1v) is 6.56. The van der Waals surface area contributed by atoms with E-state index in [1.807, 2.05) is 30.3 Å². The topological polar surface area (TPSA) is 49.5 Å². The van der Waals surface area contributed by atoms with E-state index in [0.717, 1.165) is 5.56 Å². The van der Waals surface area contributed by atoms with Crippen molar-refractivity contribution >= 4 is 0 Å². The van der Waals surface area contributed by atoms with Gasteiger partial charge in [0.25, 0.3) is 0 Å². The maximum atomic E-state index is 9.66. The minimum atomic E-state index is -0.695. The highest BCUT2D eigenvalue weighted by Crippen LogP contribution is 2.20. The summed E-state index contributed by atoms with van der Waals surface area (Å²) < 4.78 is 0. The largest absolute Gasteiger partial charge is 0.394 e. The summed E-state index contributed by atoms with van der Waals surface area (Å²) >= 11 is 0. The van der Waals surface area contributed by atoms with Crippen molar-refractivity contribution in [2.45, 2.75) is 32.4 Å². The van der Waals surface area contributed by atoms with Gasteiger partial charge in [-0.15, -0.1) is 0 Å². The Labute approximate surface area is 111 Å². The van der Waals surface area contributed by atoms with Gasteiger partial charge in [-0.05, 0) is 25.5 Å². The van der Waals surface area contributed by atoms with Crippen LogP contribution >= 0.6 is 0 Å². The van der Waals surface area contributed by atoms with Crippen molar-refractivity contribution in [3.05, 3.63) is 35.9 Å². The molecule has 0 aliphatic rings. The second-order valence-corrected chi connectivity index (χ2v) is 5.58. The summed E-state index contributed by atoms with van der Waals surface area (Å²) in [6, 6.07) is 10.3. The van der Waals surface area contributed by atoms with Gasteiger partial charge in [-0.1, -0.05) is 44.2 Å². The van der Waals surface area contributed by atoms with Crippen LogP contribution in [0.25, 0.3) is 0 Å². The van der Waals surface area contributed by atoms with E-state index in [2.05, 4.69) is 32.7 Å². The number of rotatable bonds is 6. The number of hydrogen-bond donors (Lipinski definition) is 2. The molecule has 0 saturated heterocycles. The smallest absolute Gasteiger partial charge is 0.0772 e. The Balaban J connectivity index is 2.84. The molecule has 2 atom stereocenters. The molecular formula is C15H26N2O. The second kappa shape index (κ2) is 6.32. The van der Waals surface area contributed by atoms with Crippen molar-refractivity contribution in [1.29, 1.82) is 0 Å². The summed E-state index contributed by atoms with van der Waals surface area (Å²) in [5, 5.41) is 9.66. The number of nitrogens with zero attached hydrogens (tertiary/aromatic N) is 1. The lowest BCUT2D eigenvalue weighted by molar-refractivity contribution is 0.116. The maximum Gasteiger partial charge on any atom is 0.0772 e. The fourth-order valence-corrected chi connectivity index (χ4v) is 2.10. The molecule has 18 heavy (non-hydrogen) atoms. The maximum absolute atomic E-state index is 9.66. The molecule has 1 aromatic rings. The summed E-state index contributed by atoms with van der Waals surface area (Å²) in [5.74, 6) is 0.564. The van der Waals surface area contributed by atoms with Gasteiger partial charge >= 0.3 is 0 Å². The molecule has 3 nitrogen and oxygen atoms in total. The number of likely N-dealkylation sites (N-methyl/N-ethyl adjacent to an activating group) is 1. The predicted molar refractivity (Wildman–Crippen MR) is 76.3 cm³/mol. The van der Waals surface area contributed by atoms with Gasteiger partial charge in [0.2, 0.25) is 0 Å². The fourth-order valence-electron chi connectivity index (χ4n) is 2.10. The molecule has 0 aliphatic heterocycles. The number of benzene rings is 1. The lowest BCUT2D eigenvalue weighted by atomic mass is 9.90. The van der Waals surface area contributed by atoms with Gasteiger partial charge < -0.3 is 15.7 Å². The van der Waals surface area contributed by atoms with Crippen LogP contribution in [0.4, 0.5) is 0 Å². The van der Waals surface area contributed by atoms with Gasteiger partial charge in [0.05, 0.1) is 12.1 Å². The monoisotopic (exact) mass is 250 g/mol. The first-order valence-electron chi connectivity index (χ1n) is 6.56. The Bertz CT molecular complexity index is 353. The second-order valence-electron chi connectivity index (χ2n) is 5.58. The molecule has 0 aliphatic carbocycles. The van der Waals surface area contributed by atoms with E-state index in [1.54, 1.807) is 0 Å². The Morgan fingerprint density at radius 2 is 1.78 bits per heavy atom. The van der Waals surface area contributed by atoms with Crippen LogP contribution in [-0.2, 0) is 5.54 Å². The van der Waals surface area contributed by atoms with Crippen molar-refractivity contribution in [2.75, 3.05) is 20.2 Å². The van der Waals surface area contributed by atoms with Gasteiger partial charge in [0, 0.05) is 12.6 Å². The average molecular weight is 250 g/mol. The highest BCUT2D eigenvalue weighted by molar-refractivity contribution is 5.24. The molecule has 0 heterocycles. The quantitative estimate of drug-likeness (QED) is 0.809. The third kappa shape index (κ3) is 3.55. The van der Waals surface area contributed by atoms with E-state index >= 15 is 0 Å². The van der Waals surface area contributed by atoms with E-state index < -0.39 is 5.54 Å². The summed E-state index contributed by atoms with van der Waals surface area (Å²) in [5.41, 5.74) is 6.65. The molecule has 1 rings (SSSR count). The fraction of sp³-hybridized carbons (Fsp3) is 0.600. The molecule has 0 amide bonds. The number of aliphatic hydroxyl groups excluding tert-OH is 1. The van der Waals surface area contributed by atoms with Crippen LogP contribution in [0, 0.1) is 5.92 Å². The molecule has 3 N–H and O–H groups in total. The lowest BCUT2D eigenvalue weighted by Crippen LogP contribution is -2.52. The zero-order chi connectivity index (χ0) is 13.8. The van der Waals surface area contributed by atoms with Crippen molar-refractivity contribution in [3.8, 4) is 0 Å². The van der Waals surface area contributed by atoms with Crippen LogP contribution in [0.2, 0.25) is 0 Å². The van der Waals surface area contributed by atoms with Crippen LogP contribution in [0.5, 0.6) is 0 Å². The highest BCUT2D eigenvalue weighted by atomic mass is 16.3. The molecule has 0 radical (unpaired) electrons. The van der Waals surface area contributed by atoms with Gasteiger partial charge in [0.1, 0.15) is 0 Å². The van der Waals surface area contributed by atoms with Crippen LogP contribution in [0.15, 0.2) is 30.3 Å². The van der Waals surface area contributed by atoms with Gasteiger partial charge in [-0.25, -0.2) is 0 Å². The summed E-state index contributed by atoms with van der Waals surface area (Å²) in [6.45, 7) is 7.17. The summed E-state index contributed by atoms with van der Waals surface area (Å²) in [6.07, 6.45) is 0. The van der Waals surface area contributed by atoms with Gasteiger partial charge in [-0.3, -0.25) is 0 Å². The molecule has 0 bridgehead atoms. The van der Waals surface area contributed by atoms with Crippen LogP contribution < -0.4 is 5.73 Å². The van der Waals surface area contributed by atoms with Crippen molar-refractivity contribution < 1.29 is 5.11 Å². The minimum absolute atomic E-state index is 0.0494. The van der Waals surface area contributed by atoms with E-state index in [9.17, 15) is 5.11 Å². The van der Waals surface area contributed by atoms with E-state index in [1.165, 1.54) is 0 Å². The molecule has 0 fully saturated rings. The molecule has 3 heteroatoms. The first-order chi connectivity index (χ1) is 8.40. The van der Waals surface area contributed by atoms with E-state index in [0.29, 0.717) is 18.5 Å². The third-order valence-corrected chi connectivity index (χ3v) is 3.82. The molecule has 102 valence electrons. The molecule has 0 spiro atoms. The Kier molecular flexibility index (Phi) is 5.32. The van der Waals surface area contributed by atoms with Gasteiger partial charge in [-0.2, -0.15) is 0 Å². The van der Waals surface area contributed by atoms with Crippen LogP contribution in [0.1, 0.15) is 26.3 Å². The van der Waals surface area contributed by atoms with Crippen molar-refractivity contribution in [2.24, 2.45) is 11.7 Å². The number of nitrogens with two attached hydrogens (primary N) is 1. The standard InChI is InChI=1S/C15H26N2O/c1-12(2)13(3)17(4)10-15(16,11-18)14-8-6-5-7-9-14/h5-9,12-13,18H,10-11,16H2,1-4H3. The highest BCUT2D eigenvalue weighted by Gasteiger charge is 2.29. The number of aliphatic hydroxyl groups is 1. The van der Waals surface area contributed by atoms with Crippen LogP contribution in [-0.4, -0.2) is 36.2 Å². The molecule has 1 aromatic carbocycles. The Morgan fingerprint density at radius 1 is 1.22 bits per heavy atom. The predicted octanol–water partition coefficient (Wildman–Crippen LogP) is 1.81. The zero-order valence-corrected chi connectivity index (χ0v) is 11.9. The lowest BCUT2D eigenvalue weighted by Gasteiger charge is -2.36. The first kappa shape index (κ1) is 15.2. The SMILES string of the molecule is CC(C)C(C)N(C)CC(N)(CO)c1ccccc1. The zero-order valence-electron chi connectivity index (χ0n) is 11.9. The molecule has 0 aromatic heterocycles. The molecule has 2 unspecified atom stereocenters. The normalized spacial score (nSPS) is 16.9.